The summed E-state index contributed by atoms with van der Waals surface area (Å²) in [6.45, 7) is 1.78. The fourth-order valence-electron chi connectivity index (χ4n) is 1.98. The van der Waals surface area contributed by atoms with E-state index in [9.17, 15) is 9.59 Å². The zero-order valence-corrected chi connectivity index (χ0v) is 11.8. The summed E-state index contributed by atoms with van der Waals surface area (Å²) in [6.07, 6.45) is 0.743. The number of hydrogen-bond acceptors (Lipinski definition) is 6. The van der Waals surface area contributed by atoms with Crippen molar-refractivity contribution in [2.24, 2.45) is 0 Å². The van der Waals surface area contributed by atoms with Crippen molar-refractivity contribution in [3.63, 3.8) is 0 Å². The molecule has 0 fully saturated rings. The molecule has 0 bridgehead atoms. The van der Waals surface area contributed by atoms with Gasteiger partial charge in [0, 0.05) is 14.1 Å². The molecule has 2 aromatic heterocycles. The minimum absolute atomic E-state index is 0.141. The Kier molecular flexibility index (Phi) is 3.68. The maximum absolute atomic E-state index is 12.5. The lowest BCUT2D eigenvalue weighted by atomic mass is 10.2. The molecule has 2 rings (SSSR count). The van der Waals surface area contributed by atoms with E-state index in [1.165, 1.54) is 15.9 Å². The molecule has 0 saturated carbocycles. The SMILES string of the molecule is Cc1c(C=O)sc2nc(N(C)C)n(CCO)c(=O)c12. The van der Waals surface area contributed by atoms with Crippen molar-refractivity contribution in [2.75, 3.05) is 25.6 Å². The van der Waals surface area contributed by atoms with Gasteiger partial charge in [-0.15, -0.1) is 11.3 Å². The van der Waals surface area contributed by atoms with E-state index in [4.69, 9.17) is 5.11 Å². The van der Waals surface area contributed by atoms with Crippen molar-refractivity contribution < 1.29 is 9.90 Å². The van der Waals surface area contributed by atoms with Crippen LogP contribution in [0, 0.1) is 6.92 Å². The van der Waals surface area contributed by atoms with Crippen molar-refractivity contribution in [2.45, 2.75) is 13.5 Å². The highest BCUT2D eigenvalue weighted by molar-refractivity contribution is 7.20. The molecule has 0 radical (unpaired) electrons. The maximum Gasteiger partial charge on any atom is 0.264 e. The molecule has 0 spiro atoms. The van der Waals surface area contributed by atoms with E-state index in [0.29, 0.717) is 26.6 Å². The van der Waals surface area contributed by atoms with Crippen molar-refractivity contribution in [1.29, 1.82) is 0 Å². The lowest BCUT2D eigenvalue weighted by Gasteiger charge is -2.17. The fraction of sp³-hybridized carbons (Fsp3) is 0.417. The van der Waals surface area contributed by atoms with E-state index in [2.05, 4.69) is 4.98 Å². The Balaban J connectivity index is 2.87. The summed E-state index contributed by atoms with van der Waals surface area (Å²) < 4.78 is 1.43. The first kappa shape index (κ1) is 13.7. The molecule has 102 valence electrons. The number of carbonyl (C=O) groups is 1. The molecule has 1 N–H and O–H groups in total. The normalized spacial score (nSPS) is 10.9. The minimum atomic E-state index is -0.218. The number of rotatable bonds is 4. The largest absolute Gasteiger partial charge is 0.395 e. The van der Waals surface area contributed by atoms with Crippen LogP contribution >= 0.6 is 11.3 Å². The number of anilines is 1. The molecule has 19 heavy (non-hydrogen) atoms. The molecule has 0 atom stereocenters. The molecular weight excluding hydrogens is 266 g/mol. The van der Waals surface area contributed by atoms with Gasteiger partial charge in [0.25, 0.3) is 5.56 Å². The molecule has 0 aromatic carbocycles. The molecule has 2 heterocycles. The third-order valence-electron chi connectivity index (χ3n) is 2.90. The summed E-state index contributed by atoms with van der Waals surface area (Å²) in [5.74, 6) is 0.477. The lowest BCUT2D eigenvalue weighted by Crippen LogP contribution is -2.29. The third kappa shape index (κ3) is 2.15. The Morgan fingerprint density at radius 3 is 2.68 bits per heavy atom. The molecular formula is C12H15N3O3S. The van der Waals surface area contributed by atoms with Crippen LogP contribution in [0.4, 0.5) is 5.95 Å². The highest BCUT2D eigenvalue weighted by Crippen LogP contribution is 2.27. The highest BCUT2D eigenvalue weighted by Gasteiger charge is 2.18. The van der Waals surface area contributed by atoms with Gasteiger partial charge in [-0.3, -0.25) is 14.2 Å². The van der Waals surface area contributed by atoms with E-state index < -0.39 is 0 Å². The Bertz CT molecular complexity index is 688. The third-order valence-corrected chi connectivity index (χ3v) is 4.01. The van der Waals surface area contributed by atoms with Crippen LogP contribution in [-0.4, -0.2) is 41.6 Å². The van der Waals surface area contributed by atoms with E-state index in [1.807, 2.05) is 0 Å². The first-order chi connectivity index (χ1) is 9.01. The van der Waals surface area contributed by atoms with E-state index in [1.54, 1.807) is 25.9 Å². The number of fused-ring (bicyclic) bond motifs is 1. The molecule has 0 amide bonds. The first-order valence-electron chi connectivity index (χ1n) is 5.78. The standard InChI is InChI=1S/C12H15N3O3S/c1-7-8(6-17)19-10-9(7)11(18)15(4-5-16)12(13-10)14(2)3/h6,16H,4-5H2,1-3H3. The average Bonchev–Trinajstić information content (AvgIpc) is 2.69. The van der Waals surface area contributed by atoms with Gasteiger partial charge in [0.2, 0.25) is 5.95 Å². The summed E-state index contributed by atoms with van der Waals surface area (Å²) in [7, 11) is 3.56. The Hall–Kier alpha value is -1.73. The van der Waals surface area contributed by atoms with Crippen LogP contribution in [-0.2, 0) is 6.54 Å². The molecule has 2 aromatic rings. The molecule has 0 aliphatic carbocycles. The molecule has 6 nitrogen and oxygen atoms in total. The number of aliphatic hydroxyl groups excluding tert-OH is 1. The van der Waals surface area contributed by atoms with Gasteiger partial charge in [-0.05, 0) is 12.5 Å². The predicted molar refractivity (Wildman–Crippen MR) is 75.4 cm³/mol. The van der Waals surface area contributed by atoms with Crippen molar-refractivity contribution in [3.05, 3.63) is 20.8 Å². The second kappa shape index (κ2) is 5.10. The quantitative estimate of drug-likeness (QED) is 0.832. The summed E-state index contributed by atoms with van der Waals surface area (Å²) in [5.41, 5.74) is 0.439. The van der Waals surface area contributed by atoms with Crippen LogP contribution in [0.2, 0.25) is 0 Å². The lowest BCUT2D eigenvalue weighted by molar-refractivity contribution is 0.112. The number of carbonyl (C=O) groups excluding carboxylic acids is 1. The number of nitrogens with zero attached hydrogens (tertiary/aromatic N) is 3. The van der Waals surface area contributed by atoms with Gasteiger partial charge < -0.3 is 10.0 Å². The van der Waals surface area contributed by atoms with Crippen LogP contribution in [0.15, 0.2) is 4.79 Å². The molecule has 0 aliphatic rings. The number of aliphatic hydroxyl groups is 1. The predicted octanol–water partition coefficient (Wildman–Crippen LogP) is 0.637. The monoisotopic (exact) mass is 281 g/mol. The van der Waals surface area contributed by atoms with Gasteiger partial charge in [-0.25, -0.2) is 4.98 Å². The Morgan fingerprint density at radius 1 is 1.47 bits per heavy atom. The van der Waals surface area contributed by atoms with E-state index in [-0.39, 0.29) is 18.7 Å². The van der Waals surface area contributed by atoms with Crippen LogP contribution < -0.4 is 10.5 Å². The second-order valence-corrected chi connectivity index (χ2v) is 5.41. The molecule has 0 saturated heterocycles. The van der Waals surface area contributed by atoms with Gasteiger partial charge in [0.15, 0.2) is 6.29 Å². The van der Waals surface area contributed by atoms with Crippen LogP contribution in [0.5, 0.6) is 0 Å². The molecule has 7 heteroatoms. The van der Waals surface area contributed by atoms with Gasteiger partial charge in [0.1, 0.15) is 4.83 Å². The highest BCUT2D eigenvalue weighted by atomic mass is 32.1. The number of aryl methyl sites for hydroxylation is 1. The number of thiophene rings is 1. The van der Waals surface area contributed by atoms with Gasteiger partial charge in [-0.2, -0.15) is 0 Å². The average molecular weight is 281 g/mol. The summed E-state index contributed by atoms with van der Waals surface area (Å²) in [5, 5.41) is 9.55. The smallest absolute Gasteiger partial charge is 0.264 e. The van der Waals surface area contributed by atoms with Crippen LogP contribution in [0.1, 0.15) is 15.2 Å². The van der Waals surface area contributed by atoms with Crippen molar-refractivity contribution in [3.8, 4) is 0 Å². The molecule has 0 aliphatic heterocycles. The van der Waals surface area contributed by atoms with Gasteiger partial charge >= 0.3 is 0 Å². The summed E-state index contributed by atoms with van der Waals surface area (Å²) in [6, 6.07) is 0. The second-order valence-electron chi connectivity index (χ2n) is 4.38. The summed E-state index contributed by atoms with van der Waals surface area (Å²) in [4.78, 5) is 30.6. The number of aromatic nitrogens is 2. The van der Waals surface area contributed by atoms with Gasteiger partial charge in [-0.1, -0.05) is 0 Å². The van der Waals surface area contributed by atoms with Crippen LogP contribution in [0.25, 0.3) is 10.2 Å². The minimum Gasteiger partial charge on any atom is -0.395 e. The number of hydrogen-bond donors (Lipinski definition) is 1. The first-order valence-corrected chi connectivity index (χ1v) is 6.60. The molecule has 0 unspecified atom stereocenters. The van der Waals surface area contributed by atoms with Gasteiger partial charge in [0.05, 0.1) is 23.4 Å². The van der Waals surface area contributed by atoms with E-state index in [0.717, 1.165) is 6.29 Å². The fourth-order valence-corrected chi connectivity index (χ4v) is 2.96. The van der Waals surface area contributed by atoms with Crippen LogP contribution in [0.3, 0.4) is 0 Å². The number of aldehydes is 1. The van der Waals surface area contributed by atoms with E-state index >= 15 is 0 Å². The van der Waals surface area contributed by atoms with Crippen molar-refractivity contribution >= 4 is 33.8 Å². The van der Waals surface area contributed by atoms with Crippen molar-refractivity contribution in [1.82, 2.24) is 9.55 Å². The summed E-state index contributed by atoms with van der Waals surface area (Å²) >= 11 is 1.21. The Labute approximate surface area is 113 Å². The topological polar surface area (TPSA) is 75.4 Å². The zero-order chi connectivity index (χ0) is 14.2. The maximum atomic E-state index is 12.5. The zero-order valence-electron chi connectivity index (χ0n) is 11.0. The Morgan fingerprint density at radius 2 is 2.16 bits per heavy atom.